The number of anilines is 1. The molecule has 192 valence electrons. The Labute approximate surface area is 212 Å². The van der Waals surface area contributed by atoms with Gasteiger partial charge in [0.1, 0.15) is 16.7 Å². The van der Waals surface area contributed by atoms with Crippen LogP contribution < -0.4 is 5.32 Å². The number of halogens is 2. The van der Waals surface area contributed by atoms with Gasteiger partial charge in [0.15, 0.2) is 0 Å². The van der Waals surface area contributed by atoms with E-state index in [9.17, 15) is 27.7 Å². The van der Waals surface area contributed by atoms with E-state index in [0.717, 1.165) is 22.5 Å². The maximum Gasteiger partial charge on any atom is 0.289 e. The van der Waals surface area contributed by atoms with Gasteiger partial charge in [-0.25, -0.2) is 17.5 Å². The first-order valence-corrected chi connectivity index (χ1v) is 12.7. The van der Waals surface area contributed by atoms with Crippen molar-refractivity contribution in [2.24, 2.45) is 0 Å². The summed E-state index contributed by atoms with van der Waals surface area (Å²) in [6.07, 6.45) is 0. The van der Waals surface area contributed by atoms with Crippen molar-refractivity contribution in [2.45, 2.75) is 38.0 Å². The number of hydrogen-bond acceptors (Lipinski definition) is 6. The van der Waals surface area contributed by atoms with Crippen molar-refractivity contribution in [3.63, 3.8) is 0 Å². The lowest BCUT2D eigenvalue weighted by Crippen LogP contribution is -2.38. The molecule has 0 unspecified atom stereocenters. The van der Waals surface area contributed by atoms with Gasteiger partial charge in [-0.1, -0.05) is 39.3 Å². The fraction of sp³-hybridized carbons (Fsp3) is 0.304. The molecular weight excluding hydrogens is 513 g/mol. The van der Waals surface area contributed by atoms with Gasteiger partial charge in [0.25, 0.3) is 5.69 Å². The first-order chi connectivity index (χ1) is 16.7. The van der Waals surface area contributed by atoms with Crippen LogP contribution in [0.15, 0.2) is 53.4 Å². The van der Waals surface area contributed by atoms with Gasteiger partial charge in [-0.2, -0.15) is 9.40 Å². The van der Waals surface area contributed by atoms with Gasteiger partial charge in [0.05, 0.1) is 27.7 Å². The van der Waals surface area contributed by atoms with Gasteiger partial charge in [-0.05, 0) is 36.4 Å². The van der Waals surface area contributed by atoms with E-state index in [2.05, 4.69) is 10.4 Å². The molecule has 1 N–H and O–H groups in total. The van der Waals surface area contributed by atoms with Crippen LogP contribution in [-0.2, 0) is 20.2 Å². The lowest BCUT2D eigenvalue weighted by atomic mass is 9.92. The van der Waals surface area contributed by atoms with Crippen LogP contribution in [0.1, 0.15) is 33.4 Å². The van der Waals surface area contributed by atoms with E-state index in [-0.39, 0.29) is 27.7 Å². The summed E-state index contributed by atoms with van der Waals surface area (Å²) in [7, 11) is -4.25. The molecule has 3 aromatic rings. The number of nitro benzene ring substituents is 1. The van der Waals surface area contributed by atoms with Crippen molar-refractivity contribution in [3.8, 4) is 5.69 Å². The fourth-order valence-electron chi connectivity index (χ4n) is 3.27. The third-order valence-corrected chi connectivity index (χ3v) is 7.48. The van der Waals surface area contributed by atoms with Crippen LogP contribution in [0.5, 0.6) is 0 Å². The van der Waals surface area contributed by atoms with Crippen molar-refractivity contribution in [1.82, 2.24) is 14.1 Å². The molecule has 3 rings (SSSR count). The number of carbonyl (C=O) groups excluding carboxylic acids is 1. The SMILES string of the molecule is CCN(CC(=O)Nc1cc(C(C)(C)C)nn1-c1ccc(F)cc1)S(=O)(=O)c1ccc(Cl)c([N+](=O)[O-])c1. The number of carbonyl (C=O) groups is 1. The zero-order chi connectivity index (χ0) is 26.8. The molecule has 0 aliphatic carbocycles. The summed E-state index contributed by atoms with van der Waals surface area (Å²) < 4.78 is 42.0. The second-order valence-corrected chi connectivity index (χ2v) is 11.2. The highest BCUT2D eigenvalue weighted by Gasteiger charge is 2.29. The summed E-state index contributed by atoms with van der Waals surface area (Å²) in [6.45, 7) is 6.72. The Morgan fingerprint density at radius 1 is 1.19 bits per heavy atom. The molecule has 0 radical (unpaired) electrons. The van der Waals surface area contributed by atoms with Crippen molar-refractivity contribution in [2.75, 3.05) is 18.4 Å². The van der Waals surface area contributed by atoms with Gasteiger partial charge in [-0.15, -0.1) is 0 Å². The Morgan fingerprint density at radius 3 is 2.39 bits per heavy atom. The summed E-state index contributed by atoms with van der Waals surface area (Å²) in [4.78, 5) is 23.0. The Hall–Kier alpha value is -3.35. The predicted octanol–water partition coefficient (Wildman–Crippen LogP) is 4.52. The molecular formula is C23H25ClFN5O5S. The van der Waals surface area contributed by atoms with Crippen LogP contribution in [0, 0.1) is 15.9 Å². The van der Waals surface area contributed by atoms with Crippen LogP contribution in [0.2, 0.25) is 5.02 Å². The summed E-state index contributed by atoms with van der Waals surface area (Å²) >= 11 is 5.79. The van der Waals surface area contributed by atoms with Crippen molar-refractivity contribution in [3.05, 3.63) is 75.2 Å². The van der Waals surface area contributed by atoms with Crippen LogP contribution in [0.3, 0.4) is 0 Å². The van der Waals surface area contributed by atoms with Gasteiger partial charge in [0.2, 0.25) is 15.9 Å². The summed E-state index contributed by atoms with van der Waals surface area (Å²) in [5, 5.41) is 18.2. The van der Waals surface area contributed by atoms with E-state index >= 15 is 0 Å². The molecule has 36 heavy (non-hydrogen) atoms. The zero-order valence-electron chi connectivity index (χ0n) is 20.0. The van der Waals surface area contributed by atoms with Gasteiger partial charge in [0, 0.05) is 24.1 Å². The molecule has 1 heterocycles. The number of sulfonamides is 1. The van der Waals surface area contributed by atoms with Crippen molar-refractivity contribution < 1.29 is 22.5 Å². The Morgan fingerprint density at radius 2 is 1.83 bits per heavy atom. The standard InChI is InChI=1S/C23H25ClFN5O5S/c1-5-28(36(34,35)17-10-11-18(24)19(12-17)30(32)33)14-22(31)26-21-13-20(23(2,3)4)27-29(21)16-8-6-15(25)7-9-16/h6-13H,5,14H2,1-4H3,(H,26,31). The number of nitrogens with zero attached hydrogens (tertiary/aromatic N) is 4. The molecule has 0 aliphatic heterocycles. The van der Waals surface area contributed by atoms with Crippen LogP contribution in [-0.4, -0.2) is 46.4 Å². The average Bonchev–Trinajstić information content (AvgIpc) is 3.22. The minimum atomic E-state index is -4.25. The first kappa shape index (κ1) is 27.2. The molecule has 10 nitrogen and oxygen atoms in total. The van der Waals surface area contributed by atoms with E-state index < -0.39 is 38.9 Å². The van der Waals surface area contributed by atoms with Crippen LogP contribution in [0.4, 0.5) is 15.9 Å². The molecule has 1 amide bonds. The number of benzene rings is 2. The number of nitro groups is 1. The normalized spacial score (nSPS) is 12.1. The Kier molecular flexibility index (Phi) is 7.82. The minimum Gasteiger partial charge on any atom is -0.309 e. The van der Waals surface area contributed by atoms with E-state index in [4.69, 9.17) is 11.6 Å². The van der Waals surface area contributed by atoms with Gasteiger partial charge in [-0.3, -0.25) is 14.9 Å². The summed E-state index contributed by atoms with van der Waals surface area (Å²) in [5.41, 5.74) is 0.217. The number of aromatic nitrogens is 2. The summed E-state index contributed by atoms with van der Waals surface area (Å²) in [6, 6.07) is 10.3. The molecule has 13 heteroatoms. The minimum absolute atomic E-state index is 0.0728. The Bertz CT molecular complexity index is 1400. The molecule has 0 spiro atoms. The maximum atomic E-state index is 13.4. The number of amides is 1. The number of rotatable bonds is 8. The second-order valence-electron chi connectivity index (χ2n) is 8.90. The van der Waals surface area contributed by atoms with Crippen molar-refractivity contribution in [1.29, 1.82) is 0 Å². The number of nitrogens with one attached hydrogen (secondary N) is 1. The van der Waals surface area contributed by atoms with E-state index in [0.29, 0.717) is 11.4 Å². The molecule has 1 aromatic heterocycles. The highest BCUT2D eigenvalue weighted by Crippen LogP contribution is 2.29. The van der Waals surface area contributed by atoms with E-state index in [1.807, 2.05) is 20.8 Å². The molecule has 0 fully saturated rings. The molecule has 0 saturated carbocycles. The number of hydrogen-bond donors (Lipinski definition) is 1. The smallest absolute Gasteiger partial charge is 0.289 e. The fourth-order valence-corrected chi connectivity index (χ4v) is 4.88. The lowest BCUT2D eigenvalue weighted by Gasteiger charge is -2.20. The monoisotopic (exact) mass is 537 g/mol. The van der Waals surface area contributed by atoms with Gasteiger partial charge < -0.3 is 5.32 Å². The highest BCUT2D eigenvalue weighted by molar-refractivity contribution is 7.89. The maximum absolute atomic E-state index is 13.4. The van der Waals surface area contributed by atoms with Crippen LogP contribution >= 0.6 is 11.6 Å². The highest BCUT2D eigenvalue weighted by atomic mass is 35.5. The third-order valence-electron chi connectivity index (χ3n) is 5.24. The molecule has 2 aromatic carbocycles. The lowest BCUT2D eigenvalue weighted by molar-refractivity contribution is -0.384. The molecule has 0 atom stereocenters. The molecule has 0 aliphatic rings. The Balaban J connectivity index is 1.90. The average molecular weight is 538 g/mol. The number of likely N-dealkylation sites (N-methyl/N-ethyl adjacent to an activating group) is 1. The molecule has 0 saturated heterocycles. The van der Waals surface area contributed by atoms with Gasteiger partial charge >= 0.3 is 0 Å². The topological polar surface area (TPSA) is 127 Å². The molecule has 0 bridgehead atoms. The zero-order valence-corrected chi connectivity index (χ0v) is 21.6. The summed E-state index contributed by atoms with van der Waals surface area (Å²) in [5.74, 6) is -0.821. The second kappa shape index (κ2) is 10.3. The van der Waals surface area contributed by atoms with E-state index in [1.54, 1.807) is 6.07 Å². The third kappa shape index (κ3) is 5.89. The van der Waals surface area contributed by atoms with Crippen molar-refractivity contribution >= 4 is 39.0 Å². The van der Waals surface area contributed by atoms with E-state index in [1.165, 1.54) is 35.9 Å². The first-order valence-electron chi connectivity index (χ1n) is 10.8. The predicted molar refractivity (Wildman–Crippen MR) is 133 cm³/mol. The van der Waals surface area contributed by atoms with Crippen LogP contribution in [0.25, 0.3) is 5.69 Å². The quantitative estimate of drug-likeness (QED) is 0.332. The largest absolute Gasteiger partial charge is 0.309 e.